The third-order valence-electron chi connectivity index (χ3n) is 4.28. The van der Waals surface area contributed by atoms with Gasteiger partial charge in [0.15, 0.2) is 0 Å². The van der Waals surface area contributed by atoms with E-state index in [4.69, 9.17) is 5.11 Å². The van der Waals surface area contributed by atoms with Gasteiger partial charge in [-0.05, 0) is 56.9 Å². The SMILES string of the molecule is C=C(CCC(=CCCC(=CCCC(C)=CCO)CO)C(=O)O)C(C)C. The molecular formula is C21H34O4. The molecule has 0 saturated carbocycles. The van der Waals surface area contributed by atoms with Gasteiger partial charge >= 0.3 is 5.97 Å². The molecule has 3 N–H and O–H groups in total. The molecule has 0 aromatic heterocycles. The first-order valence-electron chi connectivity index (χ1n) is 8.97. The Labute approximate surface area is 152 Å². The Morgan fingerprint density at radius 3 is 2.16 bits per heavy atom. The van der Waals surface area contributed by atoms with Gasteiger partial charge in [-0.3, -0.25) is 0 Å². The van der Waals surface area contributed by atoms with Gasteiger partial charge in [0.2, 0.25) is 0 Å². The van der Waals surface area contributed by atoms with E-state index in [0.717, 1.165) is 29.6 Å². The predicted octanol–water partition coefficient (Wildman–Crippen LogP) is 4.41. The number of allylic oxidation sites excluding steroid dienone is 4. The van der Waals surface area contributed by atoms with E-state index in [1.54, 1.807) is 12.2 Å². The monoisotopic (exact) mass is 350 g/mol. The van der Waals surface area contributed by atoms with Gasteiger partial charge < -0.3 is 15.3 Å². The lowest BCUT2D eigenvalue weighted by Gasteiger charge is -2.10. The number of hydrogen-bond acceptors (Lipinski definition) is 3. The molecule has 0 unspecified atom stereocenters. The van der Waals surface area contributed by atoms with Crippen molar-refractivity contribution in [1.29, 1.82) is 0 Å². The maximum atomic E-state index is 11.3. The zero-order chi connectivity index (χ0) is 19.2. The van der Waals surface area contributed by atoms with E-state index in [1.165, 1.54) is 0 Å². The molecule has 0 aliphatic heterocycles. The number of rotatable bonds is 13. The van der Waals surface area contributed by atoms with Gasteiger partial charge in [-0.25, -0.2) is 4.79 Å². The molecule has 0 heterocycles. The fourth-order valence-corrected chi connectivity index (χ4v) is 2.32. The second-order valence-corrected chi connectivity index (χ2v) is 6.68. The Kier molecular flexibility index (Phi) is 12.7. The van der Waals surface area contributed by atoms with Crippen molar-refractivity contribution in [1.82, 2.24) is 0 Å². The van der Waals surface area contributed by atoms with Gasteiger partial charge in [0.05, 0.1) is 13.2 Å². The van der Waals surface area contributed by atoms with Crippen LogP contribution in [0.3, 0.4) is 0 Å². The van der Waals surface area contributed by atoms with Crippen LogP contribution in [0.5, 0.6) is 0 Å². The van der Waals surface area contributed by atoms with Crippen molar-refractivity contribution in [3.05, 3.63) is 47.1 Å². The molecule has 4 nitrogen and oxygen atoms in total. The Bertz CT molecular complexity index is 510. The number of carbonyl (C=O) groups is 1. The van der Waals surface area contributed by atoms with E-state index in [9.17, 15) is 15.0 Å². The summed E-state index contributed by atoms with van der Waals surface area (Å²) >= 11 is 0. The average Bonchev–Trinajstić information content (AvgIpc) is 2.55. The molecular weight excluding hydrogens is 316 g/mol. The van der Waals surface area contributed by atoms with Crippen molar-refractivity contribution in [2.45, 2.75) is 59.3 Å². The molecule has 0 spiro atoms. The Balaban J connectivity index is 4.54. The lowest BCUT2D eigenvalue weighted by molar-refractivity contribution is -0.132. The first kappa shape index (κ1) is 23.4. The number of carboxylic acids is 1. The van der Waals surface area contributed by atoms with Crippen LogP contribution in [-0.2, 0) is 4.79 Å². The van der Waals surface area contributed by atoms with E-state index >= 15 is 0 Å². The van der Waals surface area contributed by atoms with Crippen LogP contribution in [0, 0.1) is 5.92 Å². The molecule has 25 heavy (non-hydrogen) atoms. The number of aliphatic hydroxyl groups is 2. The number of hydrogen-bond donors (Lipinski definition) is 3. The van der Waals surface area contributed by atoms with Crippen molar-refractivity contribution in [3.8, 4) is 0 Å². The van der Waals surface area contributed by atoms with E-state index in [2.05, 4.69) is 20.4 Å². The summed E-state index contributed by atoms with van der Waals surface area (Å²) in [5.41, 5.74) is 3.52. The summed E-state index contributed by atoms with van der Waals surface area (Å²) in [4.78, 5) is 11.3. The molecule has 0 fully saturated rings. The first-order chi connectivity index (χ1) is 11.8. The van der Waals surface area contributed by atoms with Gasteiger partial charge in [-0.2, -0.15) is 0 Å². The lowest BCUT2D eigenvalue weighted by Crippen LogP contribution is -2.03. The third-order valence-corrected chi connectivity index (χ3v) is 4.28. The van der Waals surface area contributed by atoms with Gasteiger partial charge in [0, 0.05) is 5.57 Å². The smallest absolute Gasteiger partial charge is 0.331 e. The minimum absolute atomic E-state index is 0.0108. The van der Waals surface area contributed by atoms with Crippen LogP contribution in [0.2, 0.25) is 0 Å². The van der Waals surface area contributed by atoms with E-state index < -0.39 is 5.97 Å². The molecule has 0 atom stereocenters. The van der Waals surface area contributed by atoms with Gasteiger partial charge in [0.1, 0.15) is 0 Å². The Morgan fingerprint density at radius 1 is 1.00 bits per heavy atom. The van der Waals surface area contributed by atoms with E-state index in [0.29, 0.717) is 37.2 Å². The third kappa shape index (κ3) is 11.5. The summed E-state index contributed by atoms with van der Waals surface area (Å²) in [5.74, 6) is -0.516. The number of carboxylic acid groups (broad SMARTS) is 1. The molecule has 0 amide bonds. The zero-order valence-electron chi connectivity index (χ0n) is 15.9. The van der Waals surface area contributed by atoms with Crippen LogP contribution in [0.25, 0.3) is 0 Å². The zero-order valence-corrected chi connectivity index (χ0v) is 15.9. The molecule has 0 rings (SSSR count). The summed E-state index contributed by atoms with van der Waals surface area (Å²) < 4.78 is 0. The Morgan fingerprint density at radius 2 is 1.64 bits per heavy atom. The molecule has 0 aliphatic carbocycles. The minimum Gasteiger partial charge on any atom is -0.478 e. The number of aliphatic carboxylic acids is 1. The fraction of sp³-hybridized carbons (Fsp3) is 0.571. The summed E-state index contributed by atoms with van der Waals surface area (Å²) in [6, 6.07) is 0. The molecule has 142 valence electrons. The van der Waals surface area contributed by atoms with Gasteiger partial charge in [0.25, 0.3) is 0 Å². The highest BCUT2D eigenvalue weighted by Gasteiger charge is 2.09. The normalized spacial score (nSPS) is 13.4. The van der Waals surface area contributed by atoms with Crippen LogP contribution in [0.1, 0.15) is 59.3 Å². The highest BCUT2D eigenvalue weighted by atomic mass is 16.4. The van der Waals surface area contributed by atoms with Crippen LogP contribution >= 0.6 is 0 Å². The topological polar surface area (TPSA) is 77.8 Å². The largest absolute Gasteiger partial charge is 0.478 e. The summed E-state index contributed by atoms with van der Waals surface area (Å²) in [6.07, 6.45) is 9.64. The van der Waals surface area contributed by atoms with Crippen LogP contribution in [0.15, 0.2) is 47.1 Å². The van der Waals surface area contributed by atoms with Crippen molar-refractivity contribution >= 4 is 5.97 Å². The summed E-state index contributed by atoms with van der Waals surface area (Å²) in [6.45, 7) is 10.1. The quantitative estimate of drug-likeness (QED) is 0.340. The molecule has 0 aromatic rings. The van der Waals surface area contributed by atoms with Crippen molar-refractivity contribution < 1.29 is 20.1 Å². The average molecular weight is 350 g/mol. The van der Waals surface area contributed by atoms with Gasteiger partial charge in [-0.1, -0.05) is 49.8 Å². The molecule has 0 radical (unpaired) electrons. The second kappa shape index (κ2) is 13.6. The number of aliphatic hydroxyl groups excluding tert-OH is 2. The highest BCUT2D eigenvalue weighted by molar-refractivity contribution is 5.86. The predicted molar refractivity (Wildman–Crippen MR) is 103 cm³/mol. The van der Waals surface area contributed by atoms with Crippen LogP contribution < -0.4 is 0 Å². The molecule has 4 heteroatoms. The summed E-state index contributed by atoms with van der Waals surface area (Å²) in [7, 11) is 0. The van der Waals surface area contributed by atoms with Gasteiger partial charge in [-0.15, -0.1) is 0 Å². The fourth-order valence-electron chi connectivity index (χ4n) is 2.32. The Hall–Kier alpha value is -1.65. The van der Waals surface area contributed by atoms with Crippen molar-refractivity contribution in [2.24, 2.45) is 5.92 Å². The van der Waals surface area contributed by atoms with Crippen molar-refractivity contribution in [3.63, 3.8) is 0 Å². The van der Waals surface area contributed by atoms with Crippen molar-refractivity contribution in [2.75, 3.05) is 13.2 Å². The van der Waals surface area contributed by atoms with E-state index in [1.807, 2.05) is 13.0 Å². The molecule has 0 aromatic carbocycles. The molecule has 0 bridgehead atoms. The minimum atomic E-state index is -0.879. The maximum Gasteiger partial charge on any atom is 0.331 e. The standard InChI is InChI=1S/C21H34O4/c1-16(2)18(4)11-12-20(21(24)25)10-6-9-19(15-23)8-5-7-17(3)13-14-22/h8,10,13,16,22-23H,4-7,9,11-12,14-15H2,1-3H3,(H,24,25). The first-order valence-corrected chi connectivity index (χ1v) is 8.97. The second-order valence-electron chi connectivity index (χ2n) is 6.68. The summed E-state index contributed by atoms with van der Waals surface area (Å²) in [5, 5.41) is 27.6. The molecule has 0 aliphatic rings. The molecule has 0 saturated heterocycles. The maximum absolute atomic E-state index is 11.3. The van der Waals surface area contributed by atoms with Crippen LogP contribution in [-0.4, -0.2) is 34.5 Å². The van der Waals surface area contributed by atoms with Crippen LogP contribution in [0.4, 0.5) is 0 Å². The van der Waals surface area contributed by atoms with E-state index in [-0.39, 0.29) is 13.2 Å². The highest BCUT2D eigenvalue weighted by Crippen LogP contribution is 2.19. The lowest BCUT2D eigenvalue weighted by atomic mass is 9.96.